The van der Waals surface area contributed by atoms with Crippen LogP contribution in [0.5, 0.6) is 0 Å². The van der Waals surface area contributed by atoms with Crippen molar-refractivity contribution in [1.29, 1.82) is 0 Å². The van der Waals surface area contributed by atoms with Gasteiger partial charge >= 0.3 is 5.97 Å². The highest BCUT2D eigenvalue weighted by Crippen LogP contribution is 2.14. The lowest BCUT2D eigenvalue weighted by atomic mass is 10.1. The second kappa shape index (κ2) is 5.05. The Bertz CT molecular complexity index is 444. The number of aldehydes is 1. The number of carbonyl (C=O) groups excluding carboxylic acids is 2. The summed E-state index contributed by atoms with van der Waals surface area (Å²) in [5.41, 5.74) is 0.585. The van der Waals surface area contributed by atoms with Crippen LogP contribution >= 0.6 is 0 Å². The fourth-order valence-corrected chi connectivity index (χ4v) is 1.58. The molecule has 1 unspecified atom stereocenters. The molecule has 0 aromatic heterocycles. The van der Waals surface area contributed by atoms with Gasteiger partial charge in [-0.15, -0.1) is 0 Å². The fraction of sp³-hybridized carbons (Fsp3) is 0.333. The Kier molecular flexibility index (Phi) is 3.49. The van der Waals surface area contributed by atoms with Gasteiger partial charge in [0, 0.05) is 6.42 Å². The lowest BCUT2D eigenvalue weighted by molar-refractivity contribution is -0.147. The Balaban J connectivity index is 1.97. The number of hydrogen-bond donors (Lipinski definition) is 0. The molecule has 90 valence electrons. The molecule has 1 aromatic carbocycles. The molecule has 1 aliphatic rings. The van der Waals surface area contributed by atoms with Crippen molar-refractivity contribution in [3.8, 4) is 0 Å². The summed E-state index contributed by atoms with van der Waals surface area (Å²) < 4.78 is 23.3. The topological polar surface area (TPSA) is 52.6 Å². The molecule has 1 atom stereocenters. The summed E-state index contributed by atoms with van der Waals surface area (Å²) in [6, 6.07) is 4.20. The molecule has 17 heavy (non-hydrogen) atoms. The zero-order valence-corrected chi connectivity index (χ0v) is 9.02. The highest BCUT2D eigenvalue weighted by Gasteiger charge is 2.27. The van der Waals surface area contributed by atoms with Crippen molar-refractivity contribution in [2.45, 2.75) is 19.1 Å². The lowest BCUT2D eigenvalue weighted by Crippen LogP contribution is -2.18. The molecule has 4 nitrogen and oxygen atoms in total. The Hall–Kier alpha value is -1.75. The van der Waals surface area contributed by atoms with Gasteiger partial charge in [-0.3, -0.25) is 4.79 Å². The van der Waals surface area contributed by atoms with Crippen molar-refractivity contribution in [1.82, 2.24) is 0 Å². The molecule has 0 aliphatic carbocycles. The number of rotatable bonds is 4. The minimum Gasteiger partial charge on any atom is -0.464 e. The van der Waals surface area contributed by atoms with Gasteiger partial charge in [0.25, 0.3) is 0 Å². The molecule has 0 radical (unpaired) electrons. The highest BCUT2D eigenvalue weighted by molar-refractivity contribution is 5.76. The van der Waals surface area contributed by atoms with Crippen LogP contribution < -0.4 is 0 Å². The second-order valence-electron chi connectivity index (χ2n) is 3.73. The second-order valence-corrected chi connectivity index (χ2v) is 3.73. The van der Waals surface area contributed by atoms with Crippen molar-refractivity contribution < 1.29 is 23.5 Å². The summed E-state index contributed by atoms with van der Waals surface area (Å²) in [5, 5.41) is 0. The molecule has 1 aliphatic heterocycles. The number of halogens is 1. The number of cyclic esters (lactones) is 1. The van der Waals surface area contributed by atoms with E-state index in [0.717, 1.165) is 0 Å². The van der Waals surface area contributed by atoms with Crippen LogP contribution in [0.1, 0.15) is 22.3 Å². The van der Waals surface area contributed by atoms with Gasteiger partial charge in [0.05, 0.1) is 18.8 Å². The number of ether oxygens (including phenoxy) is 2. The first-order valence-electron chi connectivity index (χ1n) is 5.22. The van der Waals surface area contributed by atoms with Crippen molar-refractivity contribution in [2.75, 3.05) is 6.61 Å². The molecule has 2 rings (SSSR count). The number of hydrogen-bond acceptors (Lipinski definition) is 4. The molecule has 0 N–H and O–H groups in total. The molecule has 1 fully saturated rings. The standard InChI is InChI=1S/C12H11FO4/c13-10-5-8(1-2-9(10)6-14)7-17-11-3-4-16-12(11)15/h1-2,5-6,11H,3-4,7H2. The van der Waals surface area contributed by atoms with Crippen LogP contribution in [0.4, 0.5) is 4.39 Å². The average Bonchev–Trinajstić information content (AvgIpc) is 2.72. The third kappa shape index (κ3) is 2.68. The van der Waals surface area contributed by atoms with E-state index >= 15 is 0 Å². The largest absolute Gasteiger partial charge is 0.464 e. The summed E-state index contributed by atoms with van der Waals surface area (Å²) in [6.07, 6.45) is 0.408. The first-order chi connectivity index (χ1) is 8.20. The lowest BCUT2D eigenvalue weighted by Gasteiger charge is -2.08. The highest BCUT2D eigenvalue weighted by atomic mass is 19.1. The smallest absolute Gasteiger partial charge is 0.335 e. The van der Waals surface area contributed by atoms with Crippen LogP contribution in [-0.4, -0.2) is 25.0 Å². The summed E-state index contributed by atoms with van der Waals surface area (Å²) in [7, 11) is 0. The zero-order chi connectivity index (χ0) is 12.3. The molecule has 1 aromatic rings. The Morgan fingerprint density at radius 3 is 2.94 bits per heavy atom. The van der Waals surface area contributed by atoms with Crippen LogP contribution in [-0.2, 0) is 20.9 Å². The van der Waals surface area contributed by atoms with Gasteiger partial charge in [0.1, 0.15) is 5.82 Å². The van der Waals surface area contributed by atoms with E-state index in [0.29, 0.717) is 24.9 Å². The van der Waals surface area contributed by atoms with Crippen molar-refractivity contribution in [3.05, 3.63) is 35.1 Å². The van der Waals surface area contributed by atoms with Gasteiger partial charge in [-0.05, 0) is 17.7 Å². The van der Waals surface area contributed by atoms with E-state index in [9.17, 15) is 14.0 Å². The van der Waals surface area contributed by atoms with E-state index in [1.165, 1.54) is 12.1 Å². The molecule has 0 saturated carbocycles. The van der Waals surface area contributed by atoms with Crippen LogP contribution in [0.2, 0.25) is 0 Å². The first kappa shape index (κ1) is 11.7. The fourth-order valence-electron chi connectivity index (χ4n) is 1.58. The van der Waals surface area contributed by atoms with Crippen molar-refractivity contribution in [2.24, 2.45) is 0 Å². The van der Waals surface area contributed by atoms with Crippen molar-refractivity contribution in [3.63, 3.8) is 0 Å². The zero-order valence-electron chi connectivity index (χ0n) is 9.02. The first-order valence-corrected chi connectivity index (χ1v) is 5.22. The van der Waals surface area contributed by atoms with E-state index in [2.05, 4.69) is 0 Å². The predicted molar refractivity (Wildman–Crippen MR) is 55.9 cm³/mol. The van der Waals surface area contributed by atoms with Crippen LogP contribution in [0, 0.1) is 5.82 Å². The molecule has 0 bridgehead atoms. The Morgan fingerprint density at radius 2 is 2.35 bits per heavy atom. The third-order valence-corrected chi connectivity index (χ3v) is 2.53. The molecule has 1 heterocycles. The Morgan fingerprint density at radius 1 is 1.53 bits per heavy atom. The number of esters is 1. The molecule has 5 heteroatoms. The molecule has 1 saturated heterocycles. The van der Waals surface area contributed by atoms with Gasteiger partial charge in [-0.2, -0.15) is 0 Å². The molecule has 0 spiro atoms. The molecular formula is C12H11FO4. The van der Waals surface area contributed by atoms with E-state index in [1.807, 2.05) is 0 Å². The summed E-state index contributed by atoms with van der Waals surface area (Å²) in [5.74, 6) is -0.968. The molecule has 0 amide bonds. The van der Waals surface area contributed by atoms with Gasteiger partial charge in [0.2, 0.25) is 0 Å². The predicted octanol–water partition coefficient (Wildman–Crippen LogP) is 1.47. The monoisotopic (exact) mass is 238 g/mol. The summed E-state index contributed by atoms with van der Waals surface area (Å²) >= 11 is 0. The SMILES string of the molecule is O=Cc1ccc(COC2CCOC2=O)cc1F. The van der Waals surface area contributed by atoms with E-state index in [1.54, 1.807) is 6.07 Å². The number of carbonyl (C=O) groups is 2. The van der Waals surface area contributed by atoms with Crippen molar-refractivity contribution >= 4 is 12.3 Å². The summed E-state index contributed by atoms with van der Waals surface area (Å²) in [6.45, 7) is 0.484. The third-order valence-electron chi connectivity index (χ3n) is 2.53. The van der Waals surface area contributed by atoms with E-state index in [4.69, 9.17) is 9.47 Å². The van der Waals surface area contributed by atoms with Crippen LogP contribution in [0.3, 0.4) is 0 Å². The minimum atomic E-state index is -0.588. The Labute approximate surface area is 97.3 Å². The summed E-state index contributed by atoms with van der Waals surface area (Å²) in [4.78, 5) is 21.5. The normalized spacial score (nSPS) is 19.1. The minimum absolute atomic E-state index is 0.00836. The quantitative estimate of drug-likeness (QED) is 0.588. The van der Waals surface area contributed by atoms with Crippen LogP contribution in [0.15, 0.2) is 18.2 Å². The van der Waals surface area contributed by atoms with Crippen LogP contribution in [0.25, 0.3) is 0 Å². The van der Waals surface area contributed by atoms with Gasteiger partial charge in [-0.25, -0.2) is 9.18 Å². The number of benzene rings is 1. The maximum absolute atomic E-state index is 13.2. The van der Waals surface area contributed by atoms with Gasteiger partial charge in [0.15, 0.2) is 12.4 Å². The maximum Gasteiger partial charge on any atom is 0.335 e. The average molecular weight is 238 g/mol. The van der Waals surface area contributed by atoms with Gasteiger partial charge < -0.3 is 9.47 Å². The van der Waals surface area contributed by atoms with E-state index < -0.39 is 11.9 Å². The molecular weight excluding hydrogens is 227 g/mol. The maximum atomic E-state index is 13.2. The van der Waals surface area contributed by atoms with Gasteiger partial charge in [-0.1, -0.05) is 6.07 Å². The van der Waals surface area contributed by atoms with E-state index in [-0.39, 0.29) is 18.1 Å².